The molecule has 25 heavy (non-hydrogen) atoms. The van der Waals surface area contributed by atoms with Crippen molar-refractivity contribution < 1.29 is 4.74 Å². The van der Waals surface area contributed by atoms with Crippen LogP contribution in [0.1, 0.15) is 30.1 Å². The molecule has 1 saturated heterocycles. The van der Waals surface area contributed by atoms with E-state index in [0.717, 1.165) is 54.6 Å². The molecule has 3 aromatic heterocycles. The fourth-order valence-electron chi connectivity index (χ4n) is 3.59. The third kappa shape index (κ3) is 2.57. The number of rotatable bonds is 3. The van der Waals surface area contributed by atoms with Crippen LogP contribution in [0.3, 0.4) is 0 Å². The van der Waals surface area contributed by atoms with Crippen LogP contribution in [0.4, 0.5) is 5.69 Å². The van der Waals surface area contributed by atoms with Gasteiger partial charge in [0.25, 0.3) is 0 Å². The summed E-state index contributed by atoms with van der Waals surface area (Å²) in [5.41, 5.74) is 6.31. The quantitative estimate of drug-likeness (QED) is 0.737. The minimum absolute atomic E-state index is 0.670. The van der Waals surface area contributed by atoms with E-state index in [1.165, 1.54) is 18.5 Å². The van der Waals surface area contributed by atoms with Gasteiger partial charge in [0.05, 0.1) is 36.5 Å². The largest absolute Gasteiger partial charge is 0.378 e. The van der Waals surface area contributed by atoms with Crippen LogP contribution in [0.2, 0.25) is 0 Å². The number of aromatic nitrogens is 4. The molecule has 0 amide bonds. The van der Waals surface area contributed by atoms with Crippen molar-refractivity contribution in [2.24, 2.45) is 0 Å². The smallest absolute Gasteiger partial charge is 0.178 e. The molecule has 1 aliphatic carbocycles. The summed E-state index contributed by atoms with van der Waals surface area (Å²) in [6.07, 6.45) is 6.36. The molecular formula is C19H21N5O. The summed E-state index contributed by atoms with van der Waals surface area (Å²) in [6.45, 7) is 5.33. The Bertz CT molecular complexity index is 907. The van der Waals surface area contributed by atoms with E-state index >= 15 is 0 Å². The van der Waals surface area contributed by atoms with Crippen molar-refractivity contribution in [2.75, 3.05) is 31.2 Å². The highest BCUT2D eigenvalue weighted by molar-refractivity contribution is 5.75. The third-order valence-electron chi connectivity index (χ3n) is 5.08. The van der Waals surface area contributed by atoms with Crippen LogP contribution >= 0.6 is 0 Å². The van der Waals surface area contributed by atoms with Crippen molar-refractivity contribution >= 4 is 11.3 Å². The number of pyridine rings is 1. The summed E-state index contributed by atoms with van der Waals surface area (Å²) in [7, 11) is 0. The highest BCUT2D eigenvalue weighted by Gasteiger charge is 2.25. The Hall–Kier alpha value is -2.47. The number of aryl methyl sites for hydroxylation is 1. The van der Waals surface area contributed by atoms with Gasteiger partial charge in [-0.15, -0.1) is 0 Å². The molecule has 0 aromatic carbocycles. The molecule has 6 nitrogen and oxygen atoms in total. The number of morpholine rings is 1. The lowest BCUT2D eigenvalue weighted by Gasteiger charge is -2.28. The van der Waals surface area contributed by atoms with Crippen LogP contribution in [0.15, 0.2) is 30.6 Å². The lowest BCUT2D eigenvalue weighted by molar-refractivity contribution is 0.123. The first-order valence-corrected chi connectivity index (χ1v) is 8.94. The van der Waals surface area contributed by atoms with Gasteiger partial charge in [0.15, 0.2) is 5.65 Å². The second kappa shape index (κ2) is 5.81. The summed E-state index contributed by atoms with van der Waals surface area (Å²) in [4.78, 5) is 11.8. The van der Waals surface area contributed by atoms with E-state index in [9.17, 15) is 0 Å². The van der Waals surface area contributed by atoms with Crippen molar-refractivity contribution in [2.45, 2.75) is 25.7 Å². The van der Waals surface area contributed by atoms with Gasteiger partial charge in [0.2, 0.25) is 0 Å². The molecule has 2 fully saturated rings. The van der Waals surface area contributed by atoms with Gasteiger partial charge in [-0.3, -0.25) is 4.98 Å². The van der Waals surface area contributed by atoms with Crippen LogP contribution in [0.25, 0.3) is 16.9 Å². The number of anilines is 1. The SMILES string of the molecule is Cc1nc2c(N3CCOCC3)ccnn2c1-c1ccc(C2CC2)nc1. The average Bonchev–Trinajstić information content (AvgIpc) is 3.44. The van der Waals surface area contributed by atoms with Crippen LogP contribution < -0.4 is 4.90 Å². The fraction of sp³-hybridized carbons (Fsp3) is 0.421. The second-order valence-corrected chi connectivity index (χ2v) is 6.84. The zero-order chi connectivity index (χ0) is 16.8. The molecule has 1 saturated carbocycles. The topological polar surface area (TPSA) is 55.5 Å². The van der Waals surface area contributed by atoms with E-state index in [0.29, 0.717) is 5.92 Å². The highest BCUT2D eigenvalue weighted by Crippen LogP contribution is 2.39. The van der Waals surface area contributed by atoms with Gasteiger partial charge in [-0.05, 0) is 38.0 Å². The van der Waals surface area contributed by atoms with E-state index in [4.69, 9.17) is 9.72 Å². The molecule has 0 spiro atoms. The number of nitrogens with zero attached hydrogens (tertiary/aromatic N) is 5. The zero-order valence-electron chi connectivity index (χ0n) is 14.4. The van der Waals surface area contributed by atoms with Crippen molar-refractivity contribution in [3.63, 3.8) is 0 Å². The van der Waals surface area contributed by atoms with Crippen molar-refractivity contribution in [1.82, 2.24) is 19.6 Å². The molecule has 1 aliphatic heterocycles. The minimum atomic E-state index is 0.670. The lowest BCUT2D eigenvalue weighted by Crippen LogP contribution is -2.36. The molecule has 6 heteroatoms. The van der Waals surface area contributed by atoms with Gasteiger partial charge in [-0.1, -0.05) is 0 Å². The van der Waals surface area contributed by atoms with Crippen LogP contribution in [0.5, 0.6) is 0 Å². The Labute approximate surface area is 146 Å². The Kier molecular flexibility index (Phi) is 3.45. The van der Waals surface area contributed by atoms with Crippen LogP contribution in [-0.4, -0.2) is 45.9 Å². The van der Waals surface area contributed by atoms with E-state index in [1.807, 2.05) is 29.9 Å². The molecule has 128 valence electrons. The number of fused-ring (bicyclic) bond motifs is 1. The molecule has 3 aromatic rings. The van der Waals surface area contributed by atoms with E-state index in [-0.39, 0.29) is 0 Å². The normalized spacial score (nSPS) is 18.0. The average molecular weight is 335 g/mol. The number of hydrogen-bond donors (Lipinski definition) is 0. The minimum Gasteiger partial charge on any atom is -0.378 e. The fourth-order valence-corrected chi connectivity index (χ4v) is 3.59. The maximum Gasteiger partial charge on any atom is 0.178 e. The summed E-state index contributed by atoms with van der Waals surface area (Å²) in [5.74, 6) is 0.670. The Morgan fingerprint density at radius 1 is 1.12 bits per heavy atom. The Morgan fingerprint density at radius 3 is 2.68 bits per heavy atom. The maximum absolute atomic E-state index is 5.47. The van der Waals surface area contributed by atoms with Gasteiger partial charge in [0.1, 0.15) is 0 Å². The monoisotopic (exact) mass is 335 g/mol. The van der Waals surface area contributed by atoms with Gasteiger partial charge in [-0.25, -0.2) is 9.50 Å². The van der Waals surface area contributed by atoms with E-state index in [1.54, 1.807) is 0 Å². The molecule has 0 N–H and O–H groups in total. The van der Waals surface area contributed by atoms with Crippen LogP contribution in [-0.2, 0) is 4.74 Å². The Balaban J connectivity index is 1.59. The lowest BCUT2D eigenvalue weighted by atomic mass is 10.1. The highest BCUT2D eigenvalue weighted by atomic mass is 16.5. The van der Waals surface area contributed by atoms with Crippen molar-refractivity contribution in [1.29, 1.82) is 0 Å². The van der Waals surface area contributed by atoms with Crippen molar-refractivity contribution in [3.8, 4) is 11.3 Å². The molecule has 0 radical (unpaired) electrons. The van der Waals surface area contributed by atoms with E-state index in [2.05, 4.69) is 27.1 Å². The summed E-state index contributed by atoms with van der Waals surface area (Å²) in [6, 6.07) is 6.35. The number of imidazole rings is 1. The molecule has 0 atom stereocenters. The van der Waals surface area contributed by atoms with Gasteiger partial charge >= 0.3 is 0 Å². The maximum atomic E-state index is 5.47. The predicted octanol–water partition coefficient (Wildman–Crippen LogP) is 2.81. The zero-order valence-corrected chi connectivity index (χ0v) is 14.4. The summed E-state index contributed by atoms with van der Waals surface area (Å²) in [5, 5.41) is 4.57. The second-order valence-electron chi connectivity index (χ2n) is 6.84. The number of ether oxygens (including phenoxy) is 1. The molecule has 4 heterocycles. The summed E-state index contributed by atoms with van der Waals surface area (Å²) >= 11 is 0. The molecule has 5 rings (SSSR count). The first-order chi connectivity index (χ1) is 12.3. The number of hydrogen-bond acceptors (Lipinski definition) is 5. The van der Waals surface area contributed by atoms with Crippen molar-refractivity contribution in [3.05, 3.63) is 42.0 Å². The van der Waals surface area contributed by atoms with Gasteiger partial charge < -0.3 is 9.64 Å². The van der Waals surface area contributed by atoms with Gasteiger partial charge in [0, 0.05) is 36.5 Å². The Morgan fingerprint density at radius 2 is 1.96 bits per heavy atom. The molecule has 0 unspecified atom stereocenters. The first kappa shape index (κ1) is 14.8. The summed E-state index contributed by atoms with van der Waals surface area (Å²) < 4.78 is 7.43. The predicted molar refractivity (Wildman–Crippen MR) is 96.0 cm³/mol. The first-order valence-electron chi connectivity index (χ1n) is 8.94. The standard InChI is InChI=1S/C19H21N5O/c1-13-18(15-4-5-16(20-12-15)14-2-3-14)24-19(22-13)17(6-7-21-24)23-8-10-25-11-9-23/h4-7,12,14H,2-3,8-11H2,1H3. The van der Waals surface area contributed by atoms with Crippen LogP contribution in [0, 0.1) is 6.92 Å². The third-order valence-corrected chi connectivity index (χ3v) is 5.08. The molecule has 2 aliphatic rings. The van der Waals surface area contributed by atoms with E-state index < -0.39 is 0 Å². The van der Waals surface area contributed by atoms with Gasteiger partial charge in [-0.2, -0.15) is 5.10 Å². The molecular weight excluding hydrogens is 314 g/mol. The molecule has 0 bridgehead atoms.